The molecule has 2 saturated heterocycles. The Morgan fingerprint density at radius 1 is 1.36 bits per heavy atom. The van der Waals surface area contributed by atoms with Crippen LogP contribution in [-0.4, -0.2) is 76.9 Å². The van der Waals surface area contributed by atoms with Crippen molar-refractivity contribution < 1.29 is 4.79 Å². The number of hydrogen-bond donors (Lipinski definition) is 0. The van der Waals surface area contributed by atoms with Gasteiger partial charge in [0.25, 0.3) is 0 Å². The van der Waals surface area contributed by atoms with Gasteiger partial charge in [0.1, 0.15) is 0 Å². The SMILES string of the molecule is CCCN1CC2(CCN(C)CC2)C[C@@H]1C(=O)N(C)Cc1cnccn1. The first-order chi connectivity index (χ1) is 12.0. The quantitative estimate of drug-likeness (QED) is 0.812. The van der Waals surface area contributed by atoms with Gasteiger partial charge in [-0.25, -0.2) is 0 Å². The van der Waals surface area contributed by atoms with Crippen molar-refractivity contribution in [1.82, 2.24) is 24.7 Å². The van der Waals surface area contributed by atoms with Crippen LogP contribution in [0.4, 0.5) is 0 Å². The molecule has 1 aromatic rings. The van der Waals surface area contributed by atoms with E-state index >= 15 is 0 Å². The topological polar surface area (TPSA) is 52.6 Å². The summed E-state index contributed by atoms with van der Waals surface area (Å²) in [4.78, 5) is 28.2. The summed E-state index contributed by atoms with van der Waals surface area (Å²) >= 11 is 0. The number of carbonyl (C=O) groups is 1. The van der Waals surface area contributed by atoms with E-state index in [2.05, 4.69) is 33.7 Å². The van der Waals surface area contributed by atoms with E-state index in [0.717, 1.165) is 44.7 Å². The summed E-state index contributed by atoms with van der Waals surface area (Å²) in [5.41, 5.74) is 1.17. The van der Waals surface area contributed by atoms with Crippen molar-refractivity contribution in [3.63, 3.8) is 0 Å². The molecule has 0 bridgehead atoms. The van der Waals surface area contributed by atoms with Gasteiger partial charge in [-0.3, -0.25) is 19.7 Å². The summed E-state index contributed by atoms with van der Waals surface area (Å²) in [5, 5.41) is 0. The lowest BCUT2D eigenvalue weighted by atomic mass is 9.76. The van der Waals surface area contributed by atoms with Crippen molar-refractivity contribution >= 4 is 5.91 Å². The Bertz CT molecular complexity index is 570. The molecule has 1 amide bonds. The lowest BCUT2D eigenvalue weighted by Crippen LogP contribution is -2.44. The molecular weight excluding hydrogens is 314 g/mol. The molecule has 3 rings (SSSR count). The third kappa shape index (κ3) is 4.18. The Morgan fingerprint density at radius 2 is 2.12 bits per heavy atom. The van der Waals surface area contributed by atoms with Gasteiger partial charge in [0.15, 0.2) is 0 Å². The lowest BCUT2D eigenvalue weighted by Gasteiger charge is -2.37. The first-order valence-corrected chi connectivity index (χ1v) is 9.45. The average molecular weight is 345 g/mol. The first-order valence-electron chi connectivity index (χ1n) is 9.45. The van der Waals surface area contributed by atoms with Crippen LogP contribution in [0.15, 0.2) is 18.6 Å². The highest BCUT2D eigenvalue weighted by Crippen LogP contribution is 2.43. The summed E-state index contributed by atoms with van der Waals surface area (Å²) in [6, 6.07) is 0.0185. The number of nitrogens with zero attached hydrogens (tertiary/aromatic N) is 5. The molecule has 0 radical (unpaired) electrons. The van der Waals surface area contributed by atoms with Crippen LogP contribution in [0, 0.1) is 5.41 Å². The summed E-state index contributed by atoms with van der Waals surface area (Å²) < 4.78 is 0. The minimum absolute atomic E-state index is 0.0185. The molecule has 2 aliphatic heterocycles. The van der Waals surface area contributed by atoms with Crippen molar-refractivity contribution in [2.75, 3.05) is 40.3 Å². The number of aromatic nitrogens is 2. The number of hydrogen-bond acceptors (Lipinski definition) is 5. The molecule has 6 nitrogen and oxygen atoms in total. The molecule has 0 N–H and O–H groups in total. The number of likely N-dealkylation sites (tertiary alicyclic amines) is 2. The second-order valence-corrected chi connectivity index (χ2v) is 7.88. The Labute approximate surface area is 151 Å². The van der Waals surface area contributed by atoms with Crippen LogP contribution < -0.4 is 0 Å². The molecule has 1 spiro atoms. The predicted molar refractivity (Wildman–Crippen MR) is 97.9 cm³/mol. The fraction of sp³-hybridized carbons (Fsp3) is 0.737. The van der Waals surface area contributed by atoms with Gasteiger partial charge in [-0.05, 0) is 57.8 Å². The van der Waals surface area contributed by atoms with Crippen molar-refractivity contribution in [3.05, 3.63) is 24.3 Å². The van der Waals surface area contributed by atoms with Crippen LogP contribution in [0.1, 0.15) is 38.3 Å². The molecule has 1 aromatic heterocycles. The molecular formula is C19H31N5O. The third-order valence-electron chi connectivity index (χ3n) is 5.84. The Balaban J connectivity index is 1.68. The molecule has 0 aliphatic carbocycles. The van der Waals surface area contributed by atoms with Crippen LogP contribution in [0.3, 0.4) is 0 Å². The summed E-state index contributed by atoms with van der Waals surface area (Å²) in [5.74, 6) is 0.231. The van der Waals surface area contributed by atoms with Crippen LogP contribution >= 0.6 is 0 Å². The maximum atomic E-state index is 13.2. The molecule has 2 aliphatic rings. The van der Waals surface area contributed by atoms with Crippen molar-refractivity contribution in [2.45, 2.75) is 45.2 Å². The predicted octanol–water partition coefficient (Wildman–Crippen LogP) is 1.63. The molecule has 1 atom stereocenters. The van der Waals surface area contributed by atoms with Crippen LogP contribution in [0.5, 0.6) is 0 Å². The van der Waals surface area contributed by atoms with Gasteiger partial charge in [0, 0.05) is 26.0 Å². The van der Waals surface area contributed by atoms with Crippen LogP contribution in [0.25, 0.3) is 0 Å². The monoisotopic (exact) mass is 345 g/mol. The van der Waals surface area contributed by atoms with Gasteiger partial charge in [0.2, 0.25) is 5.91 Å². The van der Waals surface area contributed by atoms with Gasteiger partial charge in [-0.15, -0.1) is 0 Å². The van der Waals surface area contributed by atoms with E-state index in [0.29, 0.717) is 12.0 Å². The van der Waals surface area contributed by atoms with E-state index in [-0.39, 0.29) is 11.9 Å². The van der Waals surface area contributed by atoms with E-state index in [1.54, 1.807) is 18.6 Å². The maximum Gasteiger partial charge on any atom is 0.240 e. The van der Waals surface area contributed by atoms with Crippen LogP contribution in [-0.2, 0) is 11.3 Å². The van der Waals surface area contributed by atoms with E-state index < -0.39 is 0 Å². The molecule has 3 heterocycles. The highest BCUT2D eigenvalue weighted by atomic mass is 16.2. The Morgan fingerprint density at radius 3 is 2.76 bits per heavy atom. The number of piperidine rings is 1. The van der Waals surface area contributed by atoms with E-state index in [4.69, 9.17) is 0 Å². The second kappa shape index (κ2) is 7.79. The van der Waals surface area contributed by atoms with Gasteiger partial charge in [-0.1, -0.05) is 6.92 Å². The normalized spacial score (nSPS) is 23.9. The fourth-order valence-electron chi connectivity index (χ4n) is 4.35. The molecule has 0 saturated carbocycles. The van der Waals surface area contributed by atoms with E-state index in [9.17, 15) is 4.79 Å². The smallest absolute Gasteiger partial charge is 0.240 e. The second-order valence-electron chi connectivity index (χ2n) is 7.88. The highest BCUT2D eigenvalue weighted by Gasteiger charge is 2.47. The molecule has 2 fully saturated rings. The van der Waals surface area contributed by atoms with Gasteiger partial charge < -0.3 is 9.80 Å². The average Bonchev–Trinajstić information content (AvgIpc) is 2.96. The summed E-state index contributed by atoms with van der Waals surface area (Å²) in [6.07, 6.45) is 9.59. The zero-order valence-corrected chi connectivity index (χ0v) is 15.8. The zero-order valence-electron chi connectivity index (χ0n) is 15.8. The Hall–Kier alpha value is -1.53. The van der Waals surface area contributed by atoms with Gasteiger partial charge in [0.05, 0.1) is 24.5 Å². The van der Waals surface area contributed by atoms with Crippen molar-refractivity contribution in [1.29, 1.82) is 0 Å². The van der Waals surface area contributed by atoms with Crippen LogP contribution in [0.2, 0.25) is 0 Å². The molecule has 25 heavy (non-hydrogen) atoms. The van der Waals surface area contributed by atoms with Gasteiger partial charge in [-0.2, -0.15) is 0 Å². The Kier molecular flexibility index (Phi) is 5.69. The highest BCUT2D eigenvalue weighted by molar-refractivity contribution is 5.82. The number of likely N-dealkylation sites (N-methyl/N-ethyl adjacent to an activating group) is 1. The summed E-state index contributed by atoms with van der Waals surface area (Å²) in [6.45, 7) is 7.10. The molecule has 0 aromatic carbocycles. The number of amides is 1. The van der Waals surface area contributed by atoms with Crippen molar-refractivity contribution in [3.8, 4) is 0 Å². The fourth-order valence-corrected chi connectivity index (χ4v) is 4.35. The zero-order chi connectivity index (χ0) is 17.9. The lowest BCUT2D eigenvalue weighted by molar-refractivity contribution is -0.135. The molecule has 0 unspecified atom stereocenters. The third-order valence-corrected chi connectivity index (χ3v) is 5.84. The number of carbonyl (C=O) groups excluding carboxylic acids is 1. The minimum atomic E-state index is 0.0185. The first kappa shape index (κ1) is 18.3. The van der Waals surface area contributed by atoms with Gasteiger partial charge >= 0.3 is 0 Å². The van der Waals surface area contributed by atoms with Crippen molar-refractivity contribution in [2.24, 2.45) is 5.41 Å². The molecule has 138 valence electrons. The maximum absolute atomic E-state index is 13.2. The molecule has 6 heteroatoms. The largest absolute Gasteiger partial charge is 0.338 e. The summed E-state index contributed by atoms with van der Waals surface area (Å²) in [7, 11) is 4.09. The van der Waals surface area contributed by atoms with E-state index in [1.807, 2.05) is 11.9 Å². The standard InChI is InChI=1S/C19H31N5O/c1-4-9-24-15-19(5-10-22(2)11-6-19)12-17(24)18(25)23(3)14-16-13-20-7-8-21-16/h7-8,13,17H,4-6,9-12,14-15H2,1-3H3/t17-/m1/s1. The minimum Gasteiger partial charge on any atom is -0.338 e. The van der Waals surface area contributed by atoms with E-state index in [1.165, 1.54) is 12.8 Å². The number of rotatable bonds is 5.